The summed E-state index contributed by atoms with van der Waals surface area (Å²) >= 11 is 0. The van der Waals surface area contributed by atoms with E-state index in [0.29, 0.717) is 11.4 Å². The Hall–Kier alpha value is -2.40. The van der Waals surface area contributed by atoms with E-state index >= 15 is 0 Å². The molecule has 0 saturated carbocycles. The first-order valence-electron chi connectivity index (χ1n) is 10.9. The van der Waals surface area contributed by atoms with Crippen LogP contribution in [0.15, 0.2) is 63.2 Å². The average molecular weight is 506 g/mol. The van der Waals surface area contributed by atoms with Crippen molar-refractivity contribution in [3.8, 4) is 17.1 Å². The van der Waals surface area contributed by atoms with E-state index < -0.39 is 5.97 Å². The van der Waals surface area contributed by atoms with Gasteiger partial charge in [0.25, 0.3) is 0 Å². The van der Waals surface area contributed by atoms with Gasteiger partial charge in [-0.3, -0.25) is 10.2 Å². The predicted molar refractivity (Wildman–Crippen MR) is 142 cm³/mol. The van der Waals surface area contributed by atoms with Crippen molar-refractivity contribution in [3.05, 3.63) is 65.4 Å². The zero-order valence-electron chi connectivity index (χ0n) is 18.4. The summed E-state index contributed by atoms with van der Waals surface area (Å²) < 4.78 is 5.28. The first-order valence-corrected chi connectivity index (χ1v) is 10.9. The summed E-state index contributed by atoms with van der Waals surface area (Å²) in [5.41, 5.74) is 7.10. The van der Waals surface area contributed by atoms with Crippen molar-refractivity contribution in [2.24, 2.45) is 10.2 Å². The predicted octanol–water partition coefficient (Wildman–Crippen LogP) is 3.12. The van der Waals surface area contributed by atoms with E-state index in [4.69, 9.17) is 9.52 Å². The molecule has 0 saturated heterocycles. The zero-order valence-corrected chi connectivity index (χ0v) is 18.4. The number of carboxylic acids is 1. The number of benzene rings is 2. The Labute approximate surface area is 251 Å². The standard InChI is InChI=1S/C25H22N4O5.2Na.2H/c1-14-22(24(31)29(28-14)17-10-9-15-5-2-3-6-16(15)13-17)27-26-19-8-4-7-18(23(19)30)20-11-12-21(34-20)25(32)33;;;;/h4,7-13,26,30H,2-3,5-6H2,1H3,(H,32,33);;;;/b27-22-;;;;. The minimum absolute atomic E-state index is 0. The molecule has 3 N–H and O–H groups in total. The molecule has 2 aliphatic rings. The van der Waals surface area contributed by atoms with E-state index in [9.17, 15) is 14.7 Å². The number of amides is 1. The van der Waals surface area contributed by atoms with Gasteiger partial charge in [-0.1, -0.05) is 12.1 Å². The van der Waals surface area contributed by atoms with Crippen molar-refractivity contribution >= 4 is 93.8 Å². The Morgan fingerprint density at radius 2 is 1.83 bits per heavy atom. The monoisotopic (exact) mass is 506 g/mol. The molecule has 0 atom stereocenters. The molecule has 1 aliphatic heterocycles. The fourth-order valence-corrected chi connectivity index (χ4v) is 4.20. The average Bonchev–Trinajstić information content (AvgIpc) is 3.43. The van der Waals surface area contributed by atoms with Crippen LogP contribution >= 0.6 is 0 Å². The van der Waals surface area contributed by atoms with Crippen LogP contribution in [-0.2, 0) is 17.6 Å². The van der Waals surface area contributed by atoms with Crippen LogP contribution in [0.5, 0.6) is 5.75 Å². The number of carboxylic acid groups (broad SMARTS) is 1. The summed E-state index contributed by atoms with van der Waals surface area (Å²) in [6, 6.07) is 13.6. The number of anilines is 2. The summed E-state index contributed by atoms with van der Waals surface area (Å²) in [6.45, 7) is 1.70. The quantitative estimate of drug-likeness (QED) is 0.277. The number of fused-ring (bicyclic) bond motifs is 1. The van der Waals surface area contributed by atoms with E-state index in [2.05, 4.69) is 21.7 Å². The van der Waals surface area contributed by atoms with Crippen molar-refractivity contribution in [2.75, 3.05) is 10.4 Å². The molecule has 0 spiro atoms. The second-order valence-electron chi connectivity index (χ2n) is 8.21. The Balaban J connectivity index is 0.00000180. The molecule has 1 amide bonds. The van der Waals surface area contributed by atoms with Gasteiger partial charge in [-0.2, -0.15) is 15.2 Å². The third kappa shape index (κ3) is 5.46. The van der Waals surface area contributed by atoms with Crippen LogP contribution < -0.4 is 10.4 Å². The molecule has 9 nitrogen and oxygen atoms in total. The van der Waals surface area contributed by atoms with E-state index in [1.54, 1.807) is 25.1 Å². The summed E-state index contributed by atoms with van der Waals surface area (Å²) in [6.07, 6.45) is 4.38. The number of phenols is 1. The number of para-hydroxylation sites is 1. The SMILES string of the molecule is CC1=NN(c2ccc3c(c2)CCCC3)C(=O)/C1=N\Nc1cccc(-c2ccc(C(=O)O)o2)c1O.[NaH].[NaH]. The van der Waals surface area contributed by atoms with Gasteiger partial charge in [0.05, 0.1) is 22.6 Å². The van der Waals surface area contributed by atoms with Gasteiger partial charge in [0.2, 0.25) is 5.76 Å². The first-order chi connectivity index (χ1) is 16.4. The second kappa shape index (κ2) is 11.8. The summed E-state index contributed by atoms with van der Waals surface area (Å²) in [7, 11) is 0. The Kier molecular flexibility index (Phi) is 9.21. The second-order valence-corrected chi connectivity index (χ2v) is 8.21. The number of aryl methyl sites for hydroxylation is 2. The number of hydrogen-bond acceptors (Lipinski definition) is 7. The molecule has 0 bridgehead atoms. The van der Waals surface area contributed by atoms with Crippen LogP contribution in [0.4, 0.5) is 11.4 Å². The molecule has 2 heterocycles. The van der Waals surface area contributed by atoms with Crippen LogP contribution in [0.1, 0.15) is 41.4 Å². The molecule has 2 aromatic carbocycles. The number of furan rings is 1. The molecule has 176 valence electrons. The molecule has 0 fully saturated rings. The summed E-state index contributed by atoms with van der Waals surface area (Å²) in [5, 5.41) is 29.7. The number of phenolic OH excluding ortho intramolecular Hbond substituents is 1. The third-order valence-electron chi connectivity index (χ3n) is 5.97. The number of nitrogens with one attached hydrogen (secondary N) is 1. The molecule has 5 rings (SSSR count). The molecule has 3 aromatic rings. The van der Waals surface area contributed by atoms with Gasteiger partial charge in [0.15, 0.2) is 11.5 Å². The maximum atomic E-state index is 13.1. The van der Waals surface area contributed by atoms with Crippen LogP contribution in [0, 0.1) is 0 Å². The summed E-state index contributed by atoms with van der Waals surface area (Å²) in [4.78, 5) is 24.1. The van der Waals surface area contributed by atoms with Crippen molar-refractivity contribution in [2.45, 2.75) is 32.6 Å². The number of hydrazone groups is 2. The number of hydrogen-bond donors (Lipinski definition) is 3. The van der Waals surface area contributed by atoms with E-state index in [1.807, 2.05) is 12.1 Å². The molecule has 36 heavy (non-hydrogen) atoms. The van der Waals surface area contributed by atoms with E-state index in [0.717, 1.165) is 19.3 Å². The molecule has 1 aliphatic carbocycles. The number of aromatic hydroxyl groups is 1. The molecule has 0 radical (unpaired) electrons. The number of carbonyl (C=O) groups is 2. The normalized spacial score (nSPS) is 15.6. The van der Waals surface area contributed by atoms with Gasteiger partial charge >= 0.3 is 71.0 Å². The van der Waals surface area contributed by atoms with Crippen molar-refractivity contribution in [1.29, 1.82) is 0 Å². The molecule has 11 heteroatoms. The fraction of sp³-hybridized carbons (Fsp3) is 0.200. The van der Waals surface area contributed by atoms with Gasteiger partial charge in [0.1, 0.15) is 5.76 Å². The third-order valence-corrected chi connectivity index (χ3v) is 5.97. The van der Waals surface area contributed by atoms with Gasteiger partial charge in [-0.25, -0.2) is 4.79 Å². The van der Waals surface area contributed by atoms with E-state index in [-0.39, 0.29) is 99.3 Å². The fourth-order valence-electron chi connectivity index (χ4n) is 4.20. The Morgan fingerprint density at radius 1 is 1.08 bits per heavy atom. The Bertz CT molecular complexity index is 1380. The number of rotatable bonds is 5. The minimum atomic E-state index is -1.20. The number of nitrogens with zero attached hydrogens (tertiary/aromatic N) is 3. The topological polar surface area (TPSA) is 128 Å². The Morgan fingerprint density at radius 3 is 2.56 bits per heavy atom. The van der Waals surface area contributed by atoms with Crippen LogP contribution in [0.25, 0.3) is 11.3 Å². The number of aromatic carboxylic acids is 1. The first kappa shape index (κ1) is 28.2. The van der Waals surface area contributed by atoms with Gasteiger partial charge in [-0.05, 0) is 80.1 Å². The van der Waals surface area contributed by atoms with Gasteiger partial charge in [0, 0.05) is 0 Å². The van der Waals surface area contributed by atoms with Crippen LogP contribution in [0.2, 0.25) is 0 Å². The van der Waals surface area contributed by atoms with E-state index in [1.165, 1.54) is 34.7 Å². The van der Waals surface area contributed by atoms with Gasteiger partial charge < -0.3 is 14.6 Å². The molecular weight excluding hydrogens is 482 g/mol. The van der Waals surface area contributed by atoms with Gasteiger partial charge in [-0.15, -0.1) is 0 Å². The molecule has 0 unspecified atom stereocenters. The number of carbonyl (C=O) groups excluding carboxylic acids is 1. The van der Waals surface area contributed by atoms with Crippen LogP contribution in [0.3, 0.4) is 0 Å². The van der Waals surface area contributed by atoms with Crippen molar-refractivity contribution in [1.82, 2.24) is 0 Å². The maximum absolute atomic E-state index is 13.1. The molecular formula is C25H24N4Na2O5. The van der Waals surface area contributed by atoms with Crippen molar-refractivity contribution in [3.63, 3.8) is 0 Å². The van der Waals surface area contributed by atoms with Crippen molar-refractivity contribution < 1.29 is 24.2 Å². The van der Waals surface area contributed by atoms with Crippen LogP contribution in [-0.4, -0.2) is 92.6 Å². The summed E-state index contributed by atoms with van der Waals surface area (Å²) in [5.74, 6) is -1.80. The zero-order chi connectivity index (χ0) is 23.8. The molecule has 1 aromatic heterocycles.